The second kappa shape index (κ2) is 5.26. The summed E-state index contributed by atoms with van der Waals surface area (Å²) in [5.41, 5.74) is -0.855. The predicted octanol–water partition coefficient (Wildman–Crippen LogP) is 0.786. The van der Waals surface area contributed by atoms with Crippen molar-refractivity contribution in [3.63, 3.8) is 0 Å². The van der Waals surface area contributed by atoms with Crippen LogP contribution in [-0.2, 0) is 14.3 Å². The summed E-state index contributed by atoms with van der Waals surface area (Å²) in [4.78, 5) is 25.5. The Hall–Kier alpha value is -1.10. The van der Waals surface area contributed by atoms with E-state index in [0.29, 0.717) is 13.2 Å². The van der Waals surface area contributed by atoms with Gasteiger partial charge in [0.15, 0.2) is 0 Å². The van der Waals surface area contributed by atoms with Gasteiger partial charge in [-0.15, -0.1) is 0 Å². The zero-order valence-corrected chi connectivity index (χ0v) is 12.0. The molecule has 1 saturated heterocycles. The number of nitrogens with one attached hydrogen (secondary N) is 1. The molecule has 0 aliphatic carbocycles. The van der Waals surface area contributed by atoms with Crippen LogP contribution >= 0.6 is 0 Å². The van der Waals surface area contributed by atoms with Crippen molar-refractivity contribution in [2.45, 2.75) is 39.7 Å². The van der Waals surface area contributed by atoms with Crippen LogP contribution in [0.2, 0.25) is 0 Å². The number of carbonyl (C=O) groups excluding carboxylic acids is 2. The summed E-state index contributed by atoms with van der Waals surface area (Å²) in [5, 5.41) is 2.71. The summed E-state index contributed by atoms with van der Waals surface area (Å²) in [7, 11) is 1.67. The highest BCUT2D eigenvalue weighted by atomic mass is 16.5. The summed E-state index contributed by atoms with van der Waals surface area (Å²) in [5.74, 6) is -0.116. The molecule has 18 heavy (non-hydrogen) atoms. The third-order valence-corrected chi connectivity index (χ3v) is 3.21. The molecule has 1 fully saturated rings. The van der Waals surface area contributed by atoms with Crippen molar-refractivity contribution < 1.29 is 14.3 Å². The number of hydrogen-bond donors (Lipinski definition) is 1. The minimum atomic E-state index is -0.799. The van der Waals surface area contributed by atoms with Crippen LogP contribution < -0.4 is 5.32 Å². The van der Waals surface area contributed by atoms with E-state index in [1.165, 1.54) is 0 Å². The van der Waals surface area contributed by atoms with Crippen LogP contribution in [0.3, 0.4) is 0 Å². The molecular formula is C13H24N2O3. The molecule has 0 unspecified atom stereocenters. The molecule has 2 amide bonds. The van der Waals surface area contributed by atoms with Crippen molar-refractivity contribution >= 4 is 11.8 Å². The molecule has 1 rings (SSSR count). The summed E-state index contributed by atoms with van der Waals surface area (Å²) in [6, 6.07) is 0. The molecule has 5 nitrogen and oxygen atoms in total. The van der Waals surface area contributed by atoms with E-state index in [-0.39, 0.29) is 23.8 Å². The molecule has 104 valence electrons. The van der Waals surface area contributed by atoms with Crippen molar-refractivity contribution in [3.05, 3.63) is 0 Å². The highest BCUT2D eigenvalue weighted by Crippen LogP contribution is 2.24. The van der Waals surface area contributed by atoms with Gasteiger partial charge in [-0.1, -0.05) is 13.8 Å². The number of amides is 2. The quantitative estimate of drug-likeness (QED) is 0.791. The smallest absolute Gasteiger partial charge is 0.248 e. The van der Waals surface area contributed by atoms with Gasteiger partial charge in [0.05, 0.1) is 6.54 Å². The number of ether oxygens (including phenoxy) is 1. The third kappa shape index (κ3) is 3.70. The van der Waals surface area contributed by atoms with Crippen LogP contribution in [0.4, 0.5) is 0 Å². The number of hydrogen-bond acceptors (Lipinski definition) is 3. The van der Waals surface area contributed by atoms with Crippen LogP contribution in [0.15, 0.2) is 0 Å². The number of methoxy groups -OCH3 is 1. The van der Waals surface area contributed by atoms with Crippen LogP contribution in [-0.4, -0.2) is 49.1 Å². The Bertz CT molecular complexity index is 337. The first-order valence-electron chi connectivity index (χ1n) is 6.27. The number of carbonyl (C=O) groups is 2. The lowest BCUT2D eigenvalue weighted by molar-refractivity contribution is -0.149. The molecular weight excluding hydrogens is 232 g/mol. The number of nitrogens with zero attached hydrogens (tertiary/aromatic N) is 1. The standard InChI is InChI=1S/C13H24N2O3/c1-12(2,6-7-18-5)9-15-8-10(16)14-13(3,4)11(15)17/h6-9H2,1-5H3,(H,14,16). The summed E-state index contributed by atoms with van der Waals surface area (Å²) in [6.07, 6.45) is 0.856. The summed E-state index contributed by atoms with van der Waals surface area (Å²) >= 11 is 0. The zero-order valence-electron chi connectivity index (χ0n) is 12.0. The fraction of sp³-hybridized carbons (Fsp3) is 0.846. The Labute approximate surface area is 109 Å². The van der Waals surface area contributed by atoms with E-state index in [1.54, 1.807) is 25.9 Å². The first-order valence-corrected chi connectivity index (χ1v) is 6.27. The average Bonchev–Trinajstić information content (AvgIpc) is 2.21. The van der Waals surface area contributed by atoms with E-state index in [1.807, 2.05) is 0 Å². The molecule has 0 bridgehead atoms. The lowest BCUT2D eigenvalue weighted by Crippen LogP contribution is -2.64. The normalized spacial score (nSPS) is 19.9. The Morgan fingerprint density at radius 1 is 1.39 bits per heavy atom. The van der Waals surface area contributed by atoms with E-state index in [4.69, 9.17) is 4.74 Å². The van der Waals surface area contributed by atoms with Gasteiger partial charge >= 0.3 is 0 Å². The van der Waals surface area contributed by atoms with Crippen LogP contribution in [0.5, 0.6) is 0 Å². The molecule has 0 radical (unpaired) electrons. The van der Waals surface area contributed by atoms with Gasteiger partial charge in [0, 0.05) is 20.3 Å². The molecule has 0 atom stereocenters. The van der Waals surface area contributed by atoms with Crippen LogP contribution in [0.25, 0.3) is 0 Å². The maximum absolute atomic E-state index is 12.2. The second-order valence-electron chi connectivity index (χ2n) is 6.24. The Kier molecular flexibility index (Phi) is 4.37. The van der Waals surface area contributed by atoms with Gasteiger partial charge in [-0.3, -0.25) is 9.59 Å². The molecule has 0 aromatic rings. The highest BCUT2D eigenvalue weighted by molar-refractivity contribution is 5.97. The Morgan fingerprint density at radius 3 is 2.56 bits per heavy atom. The van der Waals surface area contributed by atoms with Crippen molar-refractivity contribution in [1.82, 2.24) is 10.2 Å². The van der Waals surface area contributed by atoms with Gasteiger partial charge in [0.25, 0.3) is 0 Å². The van der Waals surface area contributed by atoms with Crippen molar-refractivity contribution in [2.75, 3.05) is 26.8 Å². The minimum Gasteiger partial charge on any atom is -0.385 e. The van der Waals surface area contributed by atoms with Gasteiger partial charge < -0.3 is 15.0 Å². The summed E-state index contributed by atoms with van der Waals surface area (Å²) < 4.78 is 5.07. The average molecular weight is 256 g/mol. The monoisotopic (exact) mass is 256 g/mol. The van der Waals surface area contributed by atoms with Gasteiger partial charge in [-0.05, 0) is 25.7 Å². The first-order chi connectivity index (χ1) is 8.18. The first kappa shape index (κ1) is 15.0. The Morgan fingerprint density at radius 2 is 2.00 bits per heavy atom. The molecule has 0 saturated carbocycles. The molecule has 0 aromatic carbocycles. The number of piperazine rings is 1. The van der Waals surface area contributed by atoms with Crippen molar-refractivity contribution in [2.24, 2.45) is 5.41 Å². The van der Waals surface area contributed by atoms with E-state index < -0.39 is 5.54 Å². The van der Waals surface area contributed by atoms with E-state index in [0.717, 1.165) is 6.42 Å². The fourth-order valence-electron chi connectivity index (χ4n) is 2.18. The largest absolute Gasteiger partial charge is 0.385 e. The summed E-state index contributed by atoms with van der Waals surface area (Å²) in [6.45, 7) is 9.02. The van der Waals surface area contributed by atoms with E-state index >= 15 is 0 Å². The van der Waals surface area contributed by atoms with Gasteiger partial charge in [0.2, 0.25) is 11.8 Å². The van der Waals surface area contributed by atoms with E-state index in [2.05, 4.69) is 19.2 Å². The van der Waals surface area contributed by atoms with Gasteiger partial charge in [-0.2, -0.15) is 0 Å². The molecule has 1 aliphatic rings. The maximum Gasteiger partial charge on any atom is 0.248 e. The zero-order chi connectivity index (χ0) is 14.0. The van der Waals surface area contributed by atoms with Gasteiger partial charge in [-0.25, -0.2) is 0 Å². The second-order valence-corrected chi connectivity index (χ2v) is 6.24. The fourth-order valence-corrected chi connectivity index (χ4v) is 2.18. The topological polar surface area (TPSA) is 58.6 Å². The van der Waals surface area contributed by atoms with Gasteiger partial charge in [0.1, 0.15) is 5.54 Å². The molecule has 5 heteroatoms. The molecule has 1 heterocycles. The third-order valence-electron chi connectivity index (χ3n) is 3.21. The lowest BCUT2D eigenvalue weighted by Gasteiger charge is -2.41. The minimum absolute atomic E-state index is 0.0207. The SMILES string of the molecule is COCCC(C)(C)CN1CC(=O)NC(C)(C)C1=O. The molecule has 0 aromatic heterocycles. The van der Waals surface area contributed by atoms with Crippen LogP contribution in [0.1, 0.15) is 34.1 Å². The highest BCUT2D eigenvalue weighted by Gasteiger charge is 2.40. The van der Waals surface area contributed by atoms with E-state index in [9.17, 15) is 9.59 Å². The lowest BCUT2D eigenvalue weighted by atomic mass is 9.87. The Balaban J connectivity index is 2.70. The van der Waals surface area contributed by atoms with Crippen LogP contribution in [0, 0.1) is 5.41 Å². The molecule has 1 aliphatic heterocycles. The van der Waals surface area contributed by atoms with Crippen molar-refractivity contribution in [3.8, 4) is 0 Å². The molecule has 0 spiro atoms. The maximum atomic E-state index is 12.2. The van der Waals surface area contributed by atoms with Crippen molar-refractivity contribution in [1.29, 1.82) is 0 Å². The number of rotatable bonds is 5. The predicted molar refractivity (Wildman–Crippen MR) is 69.1 cm³/mol. The molecule has 1 N–H and O–H groups in total.